The summed E-state index contributed by atoms with van der Waals surface area (Å²) >= 11 is 0. The Balaban J connectivity index is 0.00000208. The Morgan fingerprint density at radius 3 is 2.42 bits per heavy atom. The molecular formula is C18H21ClN4O. The van der Waals surface area contributed by atoms with Gasteiger partial charge in [0.25, 0.3) is 5.56 Å². The number of rotatable bonds is 5. The van der Waals surface area contributed by atoms with Gasteiger partial charge in [-0.1, -0.05) is 30.3 Å². The van der Waals surface area contributed by atoms with Crippen molar-refractivity contribution < 1.29 is 0 Å². The highest BCUT2D eigenvalue weighted by Gasteiger charge is 2.12. The first-order valence-corrected chi connectivity index (χ1v) is 7.62. The molecule has 0 aliphatic heterocycles. The third-order valence-corrected chi connectivity index (χ3v) is 3.63. The summed E-state index contributed by atoms with van der Waals surface area (Å²) in [5.74, 6) is 0.571. The summed E-state index contributed by atoms with van der Waals surface area (Å²) in [5, 5.41) is 3.91. The van der Waals surface area contributed by atoms with Crippen molar-refractivity contribution in [2.45, 2.75) is 0 Å². The highest BCUT2D eigenvalue weighted by Crippen LogP contribution is 2.15. The number of likely N-dealkylation sites (N-methyl/N-ethyl adjacent to an activating group) is 1. The first-order valence-electron chi connectivity index (χ1n) is 7.62. The van der Waals surface area contributed by atoms with Crippen LogP contribution in [-0.2, 0) is 0 Å². The number of fused-ring (bicyclic) bond motifs is 1. The number of anilines is 1. The van der Waals surface area contributed by atoms with Gasteiger partial charge in [-0.15, -0.1) is 12.4 Å². The highest BCUT2D eigenvalue weighted by atomic mass is 35.5. The largest absolute Gasteiger partial charge is 0.354 e. The molecule has 0 spiro atoms. The fourth-order valence-corrected chi connectivity index (χ4v) is 2.46. The number of hydrogen-bond donors (Lipinski definition) is 1. The van der Waals surface area contributed by atoms with Gasteiger partial charge in [0.1, 0.15) is 0 Å². The Labute approximate surface area is 147 Å². The molecule has 0 unspecified atom stereocenters. The summed E-state index contributed by atoms with van der Waals surface area (Å²) in [6.07, 6.45) is 0. The van der Waals surface area contributed by atoms with Crippen LogP contribution in [0.25, 0.3) is 16.6 Å². The average Bonchev–Trinajstić information content (AvgIpc) is 2.55. The molecule has 0 bridgehead atoms. The van der Waals surface area contributed by atoms with Crippen molar-refractivity contribution in [3.63, 3.8) is 0 Å². The van der Waals surface area contributed by atoms with E-state index >= 15 is 0 Å². The van der Waals surface area contributed by atoms with Crippen LogP contribution in [0, 0.1) is 0 Å². The SMILES string of the molecule is CN(C)CCNc1nc2ccccc2c(=O)n1-c1ccccc1.Cl. The first kappa shape index (κ1) is 18.0. The van der Waals surface area contributed by atoms with Crippen LogP contribution in [0.2, 0.25) is 0 Å². The van der Waals surface area contributed by atoms with Crippen molar-refractivity contribution in [3.05, 3.63) is 65.0 Å². The van der Waals surface area contributed by atoms with Crippen LogP contribution < -0.4 is 10.9 Å². The minimum absolute atomic E-state index is 0. The molecule has 1 aromatic heterocycles. The molecule has 0 saturated carbocycles. The zero-order valence-corrected chi connectivity index (χ0v) is 14.6. The molecule has 2 aromatic carbocycles. The van der Waals surface area contributed by atoms with Crippen LogP contribution in [0.15, 0.2) is 59.4 Å². The lowest BCUT2D eigenvalue weighted by Crippen LogP contribution is -2.27. The van der Waals surface area contributed by atoms with E-state index < -0.39 is 0 Å². The van der Waals surface area contributed by atoms with Crippen molar-refractivity contribution in [1.29, 1.82) is 0 Å². The minimum Gasteiger partial charge on any atom is -0.354 e. The molecule has 5 nitrogen and oxygen atoms in total. The lowest BCUT2D eigenvalue weighted by atomic mass is 10.2. The van der Waals surface area contributed by atoms with E-state index in [-0.39, 0.29) is 18.0 Å². The van der Waals surface area contributed by atoms with Crippen molar-refractivity contribution in [2.75, 3.05) is 32.5 Å². The summed E-state index contributed by atoms with van der Waals surface area (Å²) in [6.45, 7) is 1.57. The summed E-state index contributed by atoms with van der Waals surface area (Å²) in [4.78, 5) is 19.6. The second kappa shape index (κ2) is 7.95. The van der Waals surface area contributed by atoms with Crippen LogP contribution in [0.5, 0.6) is 0 Å². The van der Waals surface area contributed by atoms with E-state index in [1.807, 2.05) is 68.7 Å². The number of benzene rings is 2. The predicted octanol–water partition coefficient (Wildman–Crippen LogP) is 2.78. The summed E-state index contributed by atoms with van der Waals surface area (Å²) in [6, 6.07) is 17.0. The number of halogens is 1. The van der Waals surface area contributed by atoms with Gasteiger partial charge >= 0.3 is 0 Å². The number of nitrogens with one attached hydrogen (secondary N) is 1. The maximum Gasteiger partial charge on any atom is 0.267 e. The number of hydrogen-bond acceptors (Lipinski definition) is 4. The normalized spacial score (nSPS) is 10.6. The smallest absolute Gasteiger partial charge is 0.267 e. The first-order chi connectivity index (χ1) is 11.2. The Hall–Kier alpha value is -2.37. The Kier molecular flexibility index (Phi) is 5.95. The topological polar surface area (TPSA) is 50.2 Å². The van der Waals surface area contributed by atoms with Crippen LogP contribution in [-0.4, -0.2) is 41.6 Å². The van der Waals surface area contributed by atoms with E-state index in [9.17, 15) is 4.79 Å². The van der Waals surface area contributed by atoms with Crippen LogP contribution >= 0.6 is 12.4 Å². The van der Waals surface area contributed by atoms with Crippen LogP contribution in [0.1, 0.15) is 0 Å². The lowest BCUT2D eigenvalue weighted by molar-refractivity contribution is 0.424. The van der Waals surface area contributed by atoms with Crippen LogP contribution in [0.4, 0.5) is 5.95 Å². The van der Waals surface area contributed by atoms with Crippen molar-refractivity contribution in [1.82, 2.24) is 14.5 Å². The molecular weight excluding hydrogens is 324 g/mol. The zero-order valence-electron chi connectivity index (χ0n) is 13.8. The fraction of sp³-hybridized carbons (Fsp3) is 0.222. The van der Waals surface area contributed by atoms with Crippen molar-refractivity contribution in [2.24, 2.45) is 0 Å². The second-order valence-electron chi connectivity index (χ2n) is 5.66. The third kappa shape index (κ3) is 3.75. The molecule has 24 heavy (non-hydrogen) atoms. The molecule has 6 heteroatoms. The van der Waals surface area contributed by atoms with E-state index in [0.29, 0.717) is 23.4 Å². The standard InChI is InChI=1S/C18H20N4O.ClH/c1-21(2)13-12-19-18-20-16-11-7-6-10-15(16)17(23)22(18)14-8-4-3-5-9-14;/h3-11H,12-13H2,1-2H3,(H,19,20);1H. The highest BCUT2D eigenvalue weighted by molar-refractivity contribution is 5.85. The van der Waals surface area contributed by atoms with Gasteiger partial charge in [0, 0.05) is 13.1 Å². The molecule has 126 valence electrons. The van der Waals surface area contributed by atoms with Gasteiger partial charge in [-0.2, -0.15) is 0 Å². The average molecular weight is 345 g/mol. The predicted molar refractivity (Wildman–Crippen MR) is 102 cm³/mol. The van der Waals surface area contributed by atoms with Gasteiger partial charge in [0.2, 0.25) is 5.95 Å². The molecule has 0 atom stereocenters. The third-order valence-electron chi connectivity index (χ3n) is 3.63. The Morgan fingerprint density at radius 1 is 1.04 bits per heavy atom. The number of para-hydroxylation sites is 2. The minimum atomic E-state index is -0.0610. The van der Waals surface area contributed by atoms with Crippen molar-refractivity contribution in [3.8, 4) is 5.69 Å². The molecule has 0 saturated heterocycles. The van der Waals surface area contributed by atoms with Crippen molar-refractivity contribution >= 4 is 29.3 Å². The number of nitrogens with zero attached hydrogens (tertiary/aromatic N) is 3. The van der Waals surface area contributed by atoms with Gasteiger partial charge in [0.15, 0.2) is 0 Å². The molecule has 0 aliphatic carbocycles. The maximum absolute atomic E-state index is 12.9. The quantitative estimate of drug-likeness (QED) is 0.773. The molecule has 3 rings (SSSR count). The zero-order chi connectivity index (χ0) is 16.2. The van der Waals surface area contributed by atoms with E-state index in [1.54, 1.807) is 4.57 Å². The lowest BCUT2D eigenvalue weighted by Gasteiger charge is -2.16. The van der Waals surface area contributed by atoms with E-state index in [4.69, 9.17) is 0 Å². The molecule has 0 aliphatic rings. The molecule has 0 fully saturated rings. The Morgan fingerprint density at radius 2 is 1.71 bits per heavy atom. The Bertz CT molecular complexity index is 862. The van der Waals surface area contributed by atoms with Gasteiger partial charge in [-0.3, -0.25) is 4.79 Å². The van der Waals surface area contributed by atoms with Gasteiger partial charge in [-0.25, -0.2) is 9.55 Å². The monoisotopic (exact) mass is 344 g/mol. The molecule has 0 radical (unpaired) electrons. The summed E-state index contributed by atoms with van der Waals surface area (Å²) < 4.78 is 1.64. The van der Waals surface area contributed by atoms with Gasteiger partial charge < -0.3 is 10.2 Å². The van der Waals surface area contributed by atoms with E-state index in [0.717, 1.165) is 12.2 Å². The van der Waals surface area contributed by atoms with E-state index in [2.05, 4.69) is 15.2 Å². The molecule has 0 amide bonds. The van der Waals surface area contributed by atoms with Gasteiger partial charge in [0.05, 0.1) is 16.6 Å². The summed E-state index contributed by atoms with van der Waals surface area (Å²) in [5.41, 5.74) is 1.45. The van der Waals surface area contributed by atoms with E-state index in [1.165, 1.54) is 0 Å². The fourth-order valence-electron chi connectivity index (χ4n) is 2.46. The molecule has 1 heterocycles. The van der Waals surface area contributed by atoms with Gasteiger partial charge in [-0.05, 0) is 38.4 Å². The van der Waals surface area contributed by atoms with Crippen LogP contribution in [0.3, 0.4) is 0 Å². The second-order valence-corrected chi connectivity index (χ2v) is 5.66. The molecule has 1 N–H and O–H groups in total. The maximum atomic E-state index is 12.9. The summed E-state index contributed by atoms with van der Waals surface area (Å²) in [7, 11) is 4.03. The molecule has 3 aromatic rings. The number of aromatic nitrogens is 2.